The van der Waals surface area contributed by atoms with E-state index < -0.39 is 6.23 Å². The van der Waals surface area contributed by atoms with Gasteiger partial charge in [-0.1, -0.05) is 23.2 Å². The van der Waals surface area contributed by atoms with Gasteiger partial charge in [0.25, 0.3) is 0 Å². The lowest BCUT2D eigenvalue weighted by molar-refractivity contribution is 0.146. The number of β-amino-alcohol motifs (C(OH)–C–C–N with tert-alkyl or cyclic N) is 1. The lowest BCUT2D eigenvalue weighted by Gasteiger charge is -2.31. The summed E-state index contributed by atoms with van der Waals surface area (Å²) in [4.78, 5) is 6.23. The minimum absolute atomic E-state index is 0.196. The van der Waals surface area contributed by atoms with Gasteiger partial charge in [0.15, 0.2) is 6.23 Å². The van der Waals surface area contributed by atoms with Gasteiger partial charge in [0.05, 0.1) is 34.4 Å². The summed E-state index contributed by atoms with van der Waals surface area (Å²) in [7, 11) is 0. The predicted octanol–water partition coefficient (Wildman–Crippen LogP) is 3.79. The normalized spacial score (nSPS) is 16.2. The highest BCUT2D eigenvalue weighted by Crippen LogP contribution is 2.33. The lowest BCUT2D eigenvalue weighted by atomic mass is 10.1. The molecule has 1 aliphatic rings. The maximum atomic E-state index is 9.15. The van der Waals surface area contributed by atoms with Gasteiger partial charge in [0.2, 0.25) is 0 Å². The van der Waals surface area contributed by atoms with E-state index in [4.69, 9.17) is 38.8 Å². The van der Waals surface area contributed by atoms with E-state index in [-0.39, 0.29) is 6.61 Å². The Hall–Kier alpha value is -2.69. The molecular formula is C23H25Cl2N7O2. The number of hydrogen-bond donors (Lipinski definition) is 3. The number of fused-ring (bicyclic) bond motifs is 1. The summed E-state index contributed by atoms with van der Waals surface area (Å²) in [5.74, 6) is 0.565. The van der Waals surface area contributed by atoms with Crippen LogP contribution in [0.1, 0.15) is 30.7 Å². The van der Waals surface area contributed by atoms with Gasteiger partial charge in [-0.15, -0.1) is 0 Å². The zero-order valence-corrected chi connectivity index (χ0v) is 19.9. The fourth-order valence-electron chi connectivity index (χ4n) is 4.39. The van der Waals surface area contributed by atoms with E-state index in [0.29, 0.717) is 27.4 Å². The molecule has 1 aromatic carbocycles. The van der Waals surface area contributed by atoms with Crippen LogP contribution >= 0.6 is 23.2 Å². The predicted molar refractivity (Wildman–Crippen MR) is 131 cm³/mol. The van der Waals surface area contributed by atoms with Crippen molar-refractivity contribution in [3.05, 3.63) is 58.6 Å². The van der Waals surface area contributed by atoms with Crippen LogP contribution in [0, 0.1) is 0 Å². The Labute approximate surface area is 206 Å². The highest BCUT2D eigenvalue weighted by atomic mass is 35.5. The summed E-state index contributed by atoms with van der Waals surface area (Å²) in [6.45, 7) is 2.84. The fourth-order valence-corrected chi connectivity index (χ4v) is 4.97. The van der Waals surface area contributed by atoms with Gasteiger partial charge in [-0.3, -0.25) is 20.5 Å². The van der Waals surface area contributed by atoms with E-state index in [1.54, 1.807) is 0 Å². The summed E-state index contributed by atoms with van der Waals surface area (Å²) in [6, 6.07) is 5.93. The van der Waals surface area contributed by atoms with Gasteiger partial charge in [-0.2, -0.15) is 10.2 Å². The van der Waals surface area contributed by atoms with Crippen LogP contribution in [-0.4, -0.2) is 61.2 Å². The molecule has 3 aromatic heterocycles. The minimum Gasteiger partial charge on any atom is -0.471 e. The van der Waals surface area contributed by atoms with Crippen molar-refractivity contribution < 1.29 is 9.84 Å². The third kappa shape index (κ3) is 4.62. The number of ether oxygens (including phenoxy) is 1. The lowest BCUT2D eigenvalue weighted by Crippen LogP contribution is -2.36. The van der Waals surface area contributed by atoms with Crippen LogP contribution in [0.5, 0.6) is 5.75 Å². The van der Waals surface area contributed by atoms with Crippen LogP contribution in [0.25, 0.3) is 22.2 Å². The number of aliphatic hydroxyl groups excluding tert-OH is 1. The van der Waals surface area contributed by atoms with E-state index >= 15 is 0 Å². The maximum Gasteiger partial charge on any atom is 0.177 e. The second-order valence-electron chi connectivity index (χ2n) is 8.34. The second-order valence-corrected chi connectivity index (χ2v) is 9.15. The summed E-state index contributed by atoms with van der Waals surface area (Å²) in [5, 5.41) is 22.9. The van der Waals surface area contributed by atoms with Crippen molar-refractivity contribution in [2.45, 2.75) is 25.1 Å². The number of benzene rings is 1. The van der Waals surface area contributed by atoms with Crippen molar-refractivity contribution in [3.8, 4) is 17.0 Å². The molecule has 4 heterocycles. The highest BCUT2D eigenvalue weighted by molar-refractivity contribution is 6.35. The smallest absolute Gasteiger partial charge is 0.177 e. The number of H-pyrrole nitrogens is 1. The molecule has 0 amide bonds. The van der Waals surface area contributed by atoms with Crippen LogP contribution in [0.15, 0.2) is 43.0 Å². The number of nitrogens with zero attached hydrogens (tertiary/aromatic N) is 5. The molecule has 1 aliphatic heterocycles. The number of aromatic nitrogens is 5. The number of likely N-dealkylation sites (tertiary alicyclic amines) is 1. The van der Waals surface area contributed by atoms with Crippen molar-refractivity contribution in [2.24, 2.45) is 5.73 Å². The molecule has 0 bridgehead atoms. The minimum atomic E-state index is -0.852. The van der Waals surface area contributed by atoms with E-state index in [1.165, 1.54) is 12.4 Å². The SMILES string of the molecule is N[C@@H](Oc1ccc2[nH]nc(-c3cnn(C4CCN(CCO)CC4)c3)c2c1)c1c(Cl)cncc1Cl. The van der Waals surface area contributed by atoms with Crippen LogP contribution in [-0.2, 0) is 0 Å². The summed E-state index contributed by atoms with van der Waals surface area (Å²) in [6.07, 6.45) is 7.99. The van der Waals surface area contributed by atoms with Gasteiger partial charge in [-0.05, 0) is 31.0 Å². The Kier molecular flexibility index (Phi) is 6.71. The molecule has 0 unspecified atom stereocenters. The standard InChI is InChI=1S/C23H25Cl2N7O2/c24-18-11-27-12-19(25)21(18)23(26)34-16-1-2-20-17(9-16)22(30-29-20)14-10-28-32(13-14)15-3-5-31(6-4-15)7-8-33/h1-2,9-13,15,23,33H,3-8,26H2,(H,29,30)/t23-/m0/s1. The zero-order chi connectivity index (χ0) is 23.7. The molecule has 0 saturated carbocycles. The topological polar surface area (TPSA) is 118 Å². The van der Waals surface area contributed by atoms with Gasteiger partial charge in [0.1, 0.15) is 11.4 Å². The molecule has 34 heavy (non-hydrogen) atoms. The molecule has 9 nitrogen and oxygen atoms in total. The average Bonchev–Trinajstić information content (AvgIpc) is 3.47. The third-order valence-corrected chi connectivity index (χ3v) is 6.80. The molecule has 0 aliphatic carbocycles. The van der Waals surface area contributed by atoms with E-state index in [2.05, 4.69) is 25.2 Å². The van der Waals surface area contributed by atoms with Crippen LogP contribution in [0.2, 0.25) is 10.0 Å². The van der Waals surface area contributed by atoms with Crippen LogP contribution < -0.4 is 10.5 Å². The van der Waals surface area contributed by atoms with Gasteiger partial charge in [0, 0.05) is 54.7 Å². The Bertz CT molecular complexity index is 1260. The van der Waals surface area contributed by atoms with Crippen molar-refractivity contribution in [1.82, 2.24) is 29.9 Å². The average molecular weight is 502 g/mol. The van der Waals surface area contributed by atoms with Gasteiger partial charge in [-0.25, -0.2) is 0 Å². The van der Waals surface area contributed by atoms with Crippen molar-refractivity contribution >= 4 is 34.1 Å². The molecule has 178 valence electrons. The Morgan fingerprint density at radius 2 is 1.94 bits per heavy atom. The number of nitrogens with one attached hydrogen (secondary N) is 1. The monoisotopic (exact) mass is 501 g/mol. The second kappa shape index (κ2) is 9.89. The number of piperidine rings is 1. The van der Waals surface area contributed by atoms with Crippen molar-refractivity contribution in [3.63, 3.8) is 0 Å². The number of nitrogens with two attached hydrogens (primary N) is 1. The Morgan fingerprint density at radius 1 is 1.18 bits per heavy atom. The van der Waals surface area contributed by atoms with Gasteiger partial charge >= 0.3 is 0 Å². The summed E-state index contributed by atoms with van der Waals surface area (Å²) in [5.41, 5.74) is 9.31. The van der Waals surface area contributed by atoms with E-state index in [9.17, 15) is 0 Å². The first-order chi connectivity index (χ1) is 16.5. The summed E-state index contributed by atoms with van der Waals surface area (Å²) < 4.78 is 7.98. The molecule has 0 radical (unpaired) electrons. The highest BCUT2D eigenvalue weighted by Gasteiger charge is 2.22. The number of pyridine rings is 1. The maximum absolute atomic E-state index is 9.15. The number of hydrogen-bond acceptors (Lipinski definition) is 7. The molecule has 1 atom stereocenters. The Balaban J connectivity index is 1.36. The molecule has 1 fully saturated rings. The first-order valence-electron chi connectivity index (χ1n) is 11.1. The van der Waals surface area contributed by atoms with Crippen molar-refractivity contribution in [2.75, 3.05) is 26.2 Å². The first kappa shape index (κ1) is 23.1. The number of rotatable bonds is 7. The largest absolute Gasteiger partial charge is 0.471 e. The van der Waals surface area contributed by atoms with E-state index in [0.717, 1.165) is 54.6 Å². The molecule has 11 heteroatoms. The molecule has 1 saturated heterocycles. The van der Waals surface area contributed by atoms with Gasteiger partial charge < -0.3 is 14.7 Å². The third-order valence-electron chi connectivity index (χ3n) is 6.19. The molecule has 4 aromatic rings. The molecule has 0 spiro atoms. The number of aromatic amines is 1. The molecule has 5 rings (SSSR count). The fraction of sp³-hybridized carbons (Fsp3) is 0.348. The number of halogens is 2. The quantitative estimate of drug-likeness (QED) is 0.329. The van der Waals surface area contributed by atoms with Crippen LogP contribution in [0.3, 0.4) is 0 Å². The molecular weight excluding hydrogens is 477 g/mol. The Morgan fingerprint density at radius 3 is 2.68 bits per heavy atom. The van der Waals surface area contributed by atoms with Crippen LogP contribution in [0.4, 0.5) is 0 Å². The van der Waals surface area contributed by atoms with E-state index in [1.807, 2.05) is 35.3 Å². The van der Waals surface area contributed by atoms with Crippen molar-refractivity contribution in [1.29, 1.82) is 0 Å². The molecule has 4 N–H and O–H groups in total. The number of aliphatic hydroxyl groups is 1. The zero-order valence-electron chi connectivity index (χ0n) is 18.4. The summed E-state index contributed by atoms with van der Waals surface area (Å²) >= 11 is 12.4. The first-order valence-corrected chi connectivity index (χ1v) is 11.9.